The second-order valence-electron chi connectivity index (χ2n) is 4.12. The highest BCUT2D eigenvalue weighted by Gasteiger charge is 2.15. The fourth-order valence-electron chi connectivity index (χ4n) is 1.47. The molecule has 100 valence electrons. The highest BCUT2D eigenvalue weighted by molar-refractivity contribution is 5.69. The van der Waals surface area contributed by atoms with Gasteiger partial charge < -0.3 is 9.84 Å². The van der Waals surface area contributed by atoms with Crippen LogP contribution in [0.2, 0.25) is 0 Å². The molecular formula is C12H14N4O3. The van der Waals surface area contributed by atoms with Crippen LogP contribution in [0.3, 0.4) is 0 Å². The largest absolute Gasteiger partial charge is 0.486 e. The molecule has 7 nitrogen and oxygen atoms in total. The highest BCUT2D eigenvalue weighted by Crippen LogP contribution is 2.10. The van der Waals surface area contributed by atoms with Gasteiger partial charge >= 0.3 is 5.97 Å². The normalized spacial score (nSPS) is 12.1. The third-order valence-electron chi connectivity index (χ3n) is 2.59. The number of tetrazole rings is 1. The minimum Gasteiger partial charge on any atom is -0.486 e. The van der Waals surface area contributed by atoms with Crippen molar-refractivity contribution < 1.29 is 14.6 Å². The minimum atomic E-state index is -0.884. The van der Waals surface area contributed by atoms with E-state index in [4.69, 9.17) is 9.84 Å². The first-order valence-corrected chi connectivity index (χ1v) is 5.82. The summed E-state index contributed by atoms with van der Waals surface area (Å²) in [4.78, 5) is 10.8. The van der Waals surface area contributed by atoms with Gasteiger partial charge in [-0.1, -0.05) is 25.1 Å². The molecule has 0 aliphatic rings. The van der Waals surface area contributed by atoms with Crippen LogP contribution in [0.15, 0.2) is 30.3 Å². The monoisotopic (exact) mass is 262 g/mol. The van der Waals surface area contributed by atoms with Crippen LogP contribution in [0.1, 0.15) is 12.7 Å². The SMILES string of the molecule is CC(Cn1nnnc1COc1ccccc1)C(=O)O. The van der Waals surface area contributed by atoms with E-state index in [1.807, 2.05) is 30.3 Å². The van der Waals surface area contributed by atoms with Crippen molar-refractivity contribution in [2.75, 3.05) is 0 Å². The molecule has 19 heavy (non-hydrogen) atoms. The van der Waals surface area contributed by atoms with Gasteiger partial charge in [0.15, 0.2) is 5.82 Å². The van der Waals surface area contributed by atoms with Gasteiger partial charge in [-0.25, -0.2) is 4.68 Å². The molecule has 0 aliphatic carbocycles. The van der Waals surface area contributed by atoms with Crippen LogP contribution in [-0.4, -0.2) is 31.3 Å². The maximum absolute atomic E-state index is 10.8. The van der Waals surface area contributed by atoms with E-state index in [2.05, 4.69) is 15.5 Å². The average Bonchev–Trinajstić information content (AvgIpc) is 2.85. The topological polar surface area (TPSA) is 90.1 Å². The van der Waals surface area contributed by atoms with Gasteiger partial charge in [0.05, 0.1) is 12.5 Å². The predicted molar refractivity (Wildman–Crippen MR) is 65.4 cm³/mol. The van der Waals surface area contributed by atoms with Gasteiger partial charge in [0.25, 0.3) is 0 Å². The number of nitrogens with zero attached hydrogens (tertiary/aromatic N) is 4. The molecule has 1 N–H and O–H groups in total. The number of carboxylic acid groups (broad SMARTS) is 1. The number of rotatable bonds is 6. The lowest BCUT2D eigenvalue weighted by molar-refractivity contribution is -0.141. The quantitative estimate of drug-likeness (QED) is 0.834. The van der Waals surface area contributed by atoms with Crippen LogP contribution in [-0.2, 0) is 17.9 Å². The van der Waals surface area contributed by atoms with Gasteiger partial charge in [0.1, 0.15) is 12.4 Å². The maximum Gasteiger partial charge on any atom is 0.308 e. The fraction of sp³-hybridized carbons (Fsp3) is 0.333. The van der Waals surface area contributed by atoms with Gasteiger partial charge in [-0.3, -0.25) is 4.79 Å². The Kier molecular flexibility index (Phi) is 4.07. The number of aliphatic carboxylic acids is 1. The van der Waals surface area contributed by atoms with Crippen molar-refractivity contribution in [3.8, 4) is 5.75 Å². The Balaban J connectivity index is 1.98. The number of aromatic nitrogens is 4. The van der Waals surface area contributed by atoms with Crippen molar-refractivity contribution in [2.24, 2.45) is 5.92 Å². The summed E-state index contributed by atoms with van der Waals surface area (Å²) >= 11 is 0. The number of carboxylic acids is 1. The Morgan fingerprint density at radius 2 is 2.16 bits per heavy atom. The second-order valence-corrected chi connectivity index (χ2v) is 4.12. The molecule has 1 unspecified atom stereocenters. The van der Waals surface area contributed by atoms with Crippen molar-refractivity contribution >= 4 is 5.97 Å². The molecule has 0 saturated carbocycles. The van der Waals surface area contributed by atoms with Crippen LogP contribution in [0.4, 0.5) is 0 Å². The van der Waals surface area contributed by atoms with E-state index in [9.17, 15) is 4.79 Å². The zero-order valence-corrected chi connectivity index (χ0v) is 10.4. The number of para-hydroxylation sites is 1. The first kappa shape index (κ1) is 13.0. The molecule has 2 rings (SSSR count). The Morgan fingerprint density at radius 1 is 1.42 bits per heavy atom. The number of hydrogen-bond donors (Lipinski definition) is 1. The van der Waals surface area contributed by atoms with E-state index in [0.717, 1.165) is 0 Å². The summed E-state index contributed by atoms with van der Waals surface area (Å²) in [5.74, 6) is -0.232. The predicted octanol–water partition coefficient (Wildman–Crippen LogP) is 0.973. The molecule has 7 heteroatoms. The average molecular weight is 262 g/mol. The molecule has 0 fully saturated rings. The number of benzene rings is 1. The molecule has 0 spiro atoms. The highest BCUT2D eigenvalue weighted by atomic mass is 16.5. The molecular weight excluding hydrogens is 248 g/mol. The van der Waals surface area contributed by atoms with E-state index in [-0.39, 0.29) is 13.2 Å². The second kappa shape index (κ2) is 5.94. The van der Waals surface area contributed by atoms with E-state index >= 15 is 0 Å². The molecule has 0 radical (unpaired) electrons. The standard InChI is InChI=1S/C12H14N4O3/c1-9(12(17)18)7-16-11(13-14-15-16)8-19-10-5-3-2-4-6-10/h2-6,9H,7-8H2,1H3,(H,17,18). The van der Waals surface area contributed by atoms with Crippen LogP contribution < -0.4 is 4.74 Å². The van der Waals surface area contributed by atoms with Gasteiger partial charge in [-0.15, -0.1) is 5.10 Å². The summed E-state index contributed by atoms with van der Waals surface area (Å²) in [6.45, 7) is 2.02. The van der Waals surface area contributed by atoms with Crippen molar-refractivity contribution in [1.82, 2.24) is 20.2 Å². The fourth-order valence-corrected chi connectivity index (χ4v) is 1.47. The lowest BCUT2D eigenvalue weighted by atomic mass is 10.2. The summed E-state index contributed by atoms with van der Waals surface area (Å²) in [6.07, 6.45) is 0. The number of carbonyl (C=O) groups is 1. The Labute approximate surface area is 109 Å². The summed E-state index contributed by atoms with van der Waals surface area (Å²) in [6, 6.07) is 9.28. The van der Waals surface area contributed by atoms with Gasteiger partial charge in [0, 0.05) is 0 Å². The third-order valence-corrected chi connectivity index (χ3v) is 2.59. The van der Waals surface area contributed by atoms with Crippen LogP contribution in [0.25, 0.3) is 0 Å². The summed E-state index contributed by atoms with van der Waals surface area (Å²) in [5.41, 5.74) is 0. The molecule has 0 bridgehead atoms. The zero-order chi connectivity index (χ0) is 13.7. The zero-order valence-electron chi connectivity index (χ0n) is 10.4. The summed E-state index contributed by atoms with van der Waals surface area (Å²) < 4.78 is 6.97. The van der Waals surface area contributed by atoms with E-state index in [0.29, 0.717) is 11.6 Å². The third kappa shape index (κ3) is 3.51. The molecule has 1 atom stereocenters. The van der Waals surface area contributed by atoms with Crippen molar-refractivity contribution in [3.05, 3.63) is 36.2 Å². The molecule has 1 aromatic heterocycles. The number of hydrogen-bond acceptors (Lipinski definition) is 5. The first-order valence-electron chi connectivity index (χ1n) is 5.82. The van der Waals surface area contributed by atoms with E-state index in [1.165, 1.54) is 4.68 Å². The van der Waals surface area contributed by atoms with Crippen molar-refractivity contribution in [2.45, 2.75) is 20.1 Å². The molecule has 1 heterocycles. The number of ether oxygens (including phenoxy) is 1. The summed E-state index contributed by atoms with van der Waals surface area (Å²) in [5, 5.41) is 20.0. The van der Waals surface area contributed by atoms with Crippen LogP contribution >= 0.6 is 0 Å². The molecule has 0 saturated heterocycles. The van der Waals surface area contributed by atoms with Gasteiger partial charge in [0.2, 0.25) is 0 Å². The van der Waals surface area contributed by atoms with Gasteiger partial charge in [-0.2, -0.15) is 0 Å². The minimum absolute atomic E-state index is 0.198. The van der Waals surface area contributed by atoms with Crippen LogP contribution in [0.5, 0.6) is 5.75 Å². The maximum atomic E-state index is 10.8. The lowest BCUT2D eigenvalue weighted by Gasteiger charge is -2.08. The Hall–Kier alpha value is -2.44. The smallest absolute Gasteiger partial charge is 0.308 e. The van der Waals surface area contributed by atoms with E-state index < -0.39 is 11.9 Å². The molecule has 1 aromatic carbocycles. The summed E-state index contributed by atoms with van der Waals surface area (Å²) in [7, 11) is 0. The van der Waals surface area contributed by atoms with Crippen LogP contribution in [0, 0.1) is 5.92 Å². The van der Waals surface area contributed by atoms with Gasteiger partial charge in [-0.05, 0) is 22.6 Å². The molecule has 2 aromatic rings. The molecule has 0 aliphatic heterocycles. The Bertz CT molecular complexity index is 541. The van der Waals surface area contributed by atoms with E-state index in [1.54, 1.807) is 6.92 Å². The van der Waals surface area contributed by atoms with Crippen molar-refractivity contribution in [1.29, 1.82) is 0 Å². The van der Waals surface area contributed by atoms with Crippen molar-refractivity contribution in [3.63, 3.8) is 0 Å². The molecule has 0 amide bonds. The Morgan fingerprint density at radius 3 is 2.84 bits per heavy atom. The lowest BCUT2D eigenvalue weighted by Crippen LogP contribution is -2.20. The first-order chi connectivity index (χ1) is 9.16.